The van der Waals surface area contributed by atoms with Gasteiger partial charge in [0.05, 0.1) is 17.1 Å². The highest BCUT2D eigenvalue weighted by Gasteiger charge is 2.25. The van der Waals surface area contributed by atoms with Gasteiger partial charge in [-0.2, -0.15) is 0 Å². The number of rotatable bonds is 12. The van der Waals surface area contributed by atoms with Crippen LogP contribution in [-0.2, 0) is 19.3 Å². The second kappa shape index (κ2) is 14.3. The third-order valence-electron chi connectivity index (χ3n) is 7.99. The molecular weight excluding hydrogens is 524 g/mol. The van der Waals surface area contributed by atoms with E-state index in [1.165, 1.54) is 22.3 Å². The molecule has 1 aliphatic rings. The zero-order valence-corrected chi connectivity index (χ0v) is 25.3. The molecule has 0 radical (unpaired) electrons. The lowest BCUT2D eigenvalue weighted by atomic mass is 9.95. The van der Waals surface area contributed by atoms with Crippen molar-refractivity contribution in [3.8, 4) is 0 Å². The quantitative estimate of drug-likeness (QED) is 0.150. The van der Waals surface area contributed by atoms with Crippen LogP contribution in [0.25, 0.3) is 0 Å². The average Bonchev–Trinajstić information content (AvgIpc) is 3.05. The van der Waals surface area contributed by atoms with E-state index < -0.39 is 0 Å². The van der Waals surface area contributed by atoms with Gasteiger partial charge in [0.2, 0.25) is 0 Å². The minimum Gasteiger partial charge on any atom is -0.403 e. The molecule has 1 unspecified atom stereocenters. The Morgan fingerprint density at radius 1 is 0.837 bits per heavy atom. The van der Waals surface area contributed by atoms with Crippen LogP contribution in [0, 0.1) is 0 Å². The maximum atomic E-state index is 6.38. The fourth-order valence-electron chi connectivity index (χ4n) is 5.88. The molecule has 0 amide bonds. The number of nitrogens with zero attached hydrogens (tertiary/aromatic N) is 1. The van der Waals surface area contributed by atoms with Crippen LogP contribution in [0.5, 0.6) is 0 Å². The molecule has 4 heteroatoms. The van der Waals surface area contributed by atoms with Crippen molar-refractivity contribution >= 4 is 17.1 Å². The van der Waals surface area contributed by atoms with Crippen molar-refractivity contribution in [3.05, 3.63) is 173 Å². The maximum Gasteiger partial charge on any atom is 0.115 e. The van der Waals surface area contributed by atoms with Gasteiger partial charge in [-0.25, -0.2) is 0 Å². The molecule has 0 spiro atoms. The van der Waals surface area contributed by atoms with Crippen LogP contribution < -0.4 is 21.3 Å². The van der Waals surface area contributed by atoms with E-state index in [2.05, 4.69) is 139 Å². The van der Waals surface area contributed by atoms with Crippen molar-refractivity contribution in [3.63, 3.8) is 0 Å². The number of benzene rings is 4. The van der Waals surface area contributed by atoms with E-state index in [9.17, 15) is 0 Å². The molecule has 0 aliphatic carbocycles. The molecule has 4 aromatic carbocycles. The molecular formula is C39H42N4. The summed E-state index contributed by atoms with van der Waals surface area (Å²) in [6, 6.07) is 36.4. The second-order valence-corrected chi connectivity index (χ2v) is 10.8. The monoisotopic (exact) mass is 566 g/mol. The first-order valence-corrected chi connectivity index (χ1v) is 15.2. The van der Waals surface area contributed by atoms with Gasteiger partial charge >= 0.3 is 0 Å². The van der Waals surface area contributed by atoms with Gasteiger partial charge in [-0.15, -0.1) is 0 Å². The number of anilines is 3. The van der Waals surface area contributed by atoms with Crippen molar-refractivity contribution < 1.29 is 0 Å². The lowest BCUT2D eigenvalue weighted by molar-refractivity contribution is 0.823. The fraction of sp³-hybridized carbons (Fsp3) is 0.179. The zero-order valence-electron chi connectivity index (χ0n) is 25.3. The van der Waals surface area contributed by atoms with Crippen LogP contribution in [0.1, 0.15) is 42.5 Å². The maximum absolute atomic E-state index is 6.38. The molecule has 0 bridgehead atoms. The Hall–Kier alpha value is -4.96. The van der Waals surface area contributed by atoms with Crippen molar-refractivity contribution in [2.75, 3.05) is 10.2 Å². The van der Waals surface area contributed by atoms with E-state index in [1.807, 2.05) is 18.2 Å². The first kappa shape index (κ1) is 29.5. The van der Waals surface area contributed by atoms with Gasteiger partial charge in [0.25, 0.3) is 0 Å². The second-order valence-electron chi connectivity index (χ2n) is 10.8. The highest BCUT2D eigenvalue weighted by molar-refractivity contribution is 5.78. The normalized spacial score (nSPS) is 14.0. The summed E-state index contributed by atoms with van der Waals surface area (Å²) in [7, 11) is 0. The summed E-state index contributed by atoms with van der Waals surface area (Å²) in [5.74, 6) is 0.898. The number of fused-ring (bicyclic) bond motifs is 2. The molecule has 43 heavy (non-hydrogen) atoms. The largest absolute Gasteiger partial charge is 0.403 e. The number of allylic oxidation sites excluding steroid dienone is 3. The van der Waals surface area contributed by atoms with Crippen LogP contribution in [0.3, 0.4) is 0 Å². The molecule has 0 aromatic heterocycles. The molecule has 1 atom stereocenters. The number of nitrogens with two attached hydrogens (primary N) is 1. The molecule has 4 N–H and O–H groups in total. The minimum atomic E-state index is 0.0603. The van der Waals surface area contributed by atoms with Crippen molar-refractivity contribution in [1.82, 2.24) is 5.32 Å². The first-order valence-electron chi connectivity index (χ1n) is 15.2. The molecule has 0 fully saturated rings. The molecule has 218 valence electrons. The summed E-state index contributed by atoms with van der Waals surface area (Å²) >= 11 is 0. The van der Waals surface area contributed by atoms with Gasteiger partial charge in [-0.1, -0.05) is 111 Å². The molecule has 1 aliphatic heterocycles. The summed E-state index contributed by atoms with van der Waals surface area (Å²) in [5.41, 5.74) is 17.1. The molecule has 4 aromatic rings. The summed E-state index contributed by atoms with van der Waals surface area (Å²) in [6.45, 7) is 8.44. The van der Waals surface area contributed by atoms with E-state index in [4.69, 9.17) is 5.73 Å². The Balaban J connectivity index is 1.51. The molecule has 1 heterocycles. The fourth-order valence-corrected chi connectivity index (χ4v) is 5.88. The topological polar surface area (TPSA) is 53.3 Å². The Morgan fingerprint density at radius 3 is 2.05 bits per heavy atom. The lowest BCUT2D eigenvalue weighted by Gasteiger charge is -2.35. The van der Waals surface area contributed by atoms with E-state index in [1.54, 1.807) is 6.20 Å². The Bertz CT molecular complexity index is 1580. The van der Waals surface area contributed by atoms with E-state index in [0.717, 1.165) is 59.8 Å². The van der Waals surface area contributed by atoms with Crippen LogP contribution in [0.2, 0.25) is 0 Å². The summed E-state index contributed by atoms with van der Waals surface area (Å²) in [6.07, 6.45) is 11.4. The highest BCUT2D eigenvalue weighted by Crippen LogP contribution is 2.40. The number of hydrogen-bond acceptors (Lipinski definition) is 4. The molecule has 4 nitrogen and oxygen atoms in total. The van der Waals surface area contributed by atoms with Gasteiger partial charge in [0.1, 0.15) is 5.82 Å². The van der Waals surface area contributed by atoms with Gasteiger partial charge in [0.15, 0.2) is 0 Å². The van der Waals surface area contributed by atoms with Crippen LogP contribution in [0.15, 0.2) is 151 Å². The number of hydrogen-bond donors (Lipinski definition) is 3. The summed E-state index contributed by atoms with van der Waals surface area (Å²) < 4.78 is 0. The predicted molar refractivity (Wildman–Crippen MR) is 183 cm³/mol. The summed E-state index contributed by atoms with van der Waals surface area (Å²) in [5, 5.41) is 7.50. The first-order chi connectivity index (χ1) is 21.1. The zero-order chi connectivity index (χ0) is 30.0. The number of aryl methyl sites for hydroxylation is 1. The third kappa shape index (κ3) is 6.92. The average molecular weight is 567 g/mol. The van der Waals surface area contributed by atoms with Gasteiger partial charge in [-0.3, -0.25) is 4.90 Å². The van der Waals surface area contributed by atoms with E-state index in [0.29, 0.717) is 0 Å². The minimum absolute atomic E-state index is 0.0603. The standard InChI is InChI=1S/C39H42N4/c1-4-16-39(43-37-23-14-12-19-32(37)25-33-20-13-15-24-38(33)43)42-36(28-40)30(6-3)26-35(41-34-21-8-7-9-22-34)27-31-18-11-10-17-29(31)5-2/h4,7-24,26,28,35,41-42H,1,5-6,25,27,40H2,2-3H3/b30-26-,36-28+,39-16+. The number of para-hydroxylation sites is 3. The smallest absolute Gasteiger partial charge is 0.115 e. The highest BCUT2D eigenvalue weighted by atomic mass is 15.3. The van der Waals surface area contributed by atoms with Gasteiger partial charge in [0, 0.05) is 24.4 Å². The SMILES string of the molecule is C=C/C=C(\NC(=C/N)/C(=C\C(Cc1ccccc1CC)Nc1ccccc1)CC)N1c2ccccc2Cc2ccccc21. The van der Waals surface area contributed by atoms with Crippen LogP contribution in [0.4, 0.5) is 17.1 Å². The molecule has 0 saturated carbocycles. The lowest BCUT2D eigenvalue weighted by Crippen LogP contribution is -2.32. The van der Waals surface area contributed by atoms with Crippen molar-refractivity contribution in [2.24, 2.45) is 5.73 Å². The van der Waals surface area contributed by atoms with Crippen molar-refractivity contribution in [1.29, 1.82) is 0 Å². The van der Waals surface area contributed by atoms with Gasteiger partial charge < -0.3 is 16.4 Å². The van der Waals surface area contributed by atoms with Crippen LogP contribution in [-0.4, -0.2) is 6.04 Å². The molecule has 0 saturated heterocycles. The Kier molecular flexibility index (Phi) is 9.81. The predicted octanol–water partition coefficient (Wildman–Crippen LogP) is 8.77. The van der Waals surface area contributed by atoms with Crippen LogP contribution >= 0.6 is 0 Å². The third-order valence-corrected chi connectivity index (χ3v) is 7.99. The van der Waals surface area contributed by atoms with E-state index >= 15 is 0 Å². The molecule has 5 rings (SSSR count). The summed E-state index contributed by atoms with van der Waals surface area (Å²) in [4.78, 5) is 2.28. The van der Waals surface area contributed by atoms with E-state index in [-0.39, 0.29) is 6.04 Å². The van der Waals surface area contributed by atoms with Gasteiger partial charge in [-0.05, 0) is 77.4 Å². The Labute approximate surface area is 257 Å². The number of nitrogens with one attached hydrogen (secondary N) is 2. The Morgan fingerprint density at radius 2 is 1.44 bits per heavy atom. The van der Waals surface area contributed by atoms with Crippen molar-refractivity contribution in [2.45, 2.75) is 45.6 Å².